The zero-order valence-corrected chi connectivity index (χ0v) is 11.5. The number of hydrogen-bond donors (Lipinski definition) is 0. The van der Waals surface area contributed by atoms with E-state index in [-0.39, 0.29) is 11.9 Å². The summed E-state index contributed by atoms with van der Waals surface area (Å²) in [5, 5.41) is 3.93. The predicted molar refractivity (Wildman–Crippen MR) is 82.7 cm³/mol. The zero-order valence-electron chi connectivity index (χ0n) is 11.5. The number of carbonyl (C=O) groups is 1. The highest BCUT2D eigenvalue weighted by atomic mass is 16.7. The highest BCUT2D eigenvalue weighted by Gasteiger charge is 2.32. The Labute approximate surface area is 123 Å². The van der Waals surface area contributed by atoms with Gasteiger partial charge in [0.15, 0.2) is 0 Å². The standard InChI is InChI=1S/C18H15NO2/c20-18-16(13-7-10-14-8-3-1-4-9-14)17(19-21-18)15-11-5-2-6-12-15/h1-12,16H,13H2/b10-7+. The molecule has 0 radical (unpaired) electrons. The largest absolute Gasteiger partial charge is 0.344 e. The van der Waals surface area contributed by atoms with Crippen LogP contribution < -0.4 is 0 Å². The molecule has 0 aromatic heterocycles. The number of rotatable bonds is 4. The fraction of sp³-hybridized carbons (Fsp3) is 0.111. The van der Waals surface area contributed by atoms with Crippen molar-refractivity contribution in [3.8, 4) is 0 Å². The first-order chi connectivity index (χ1) is 10.3. The van der Waals surface area contributed by atoms with Gasteiger partial charge >= 0.3 is 5.97 Å². The molecular weight excluding hydrogens is 262 g/mol. The first-order valence-corrected chi connectivity index (χ1v) is 6.90. The van der Waals surface area contributed by atoms with Crippen LogP contribution in [-0.4, -0.2) is 11.7 Å². The minimum atomic E-state index is -0.327. The molecule has 0 amide bonds. The number of hydrogen-bond acceptors (Lipinski definition) is 3. The Balaban J connectivity index is 1.73. The van der Waals surface area contributed by atoms with Gasteiger partial charge in [0, 0.05) is 5.56 Å². The molecule has 3 heteroatoms. The Morgan fingerprint density at radius 2 is 1.67 bits per heavy atom. The average Bonchev–Trinajstić information content (AvgIpc) is 2.91. The molecule has 1 unspecified atom stereocenters. The van der Waals surface area contributed by atoms with Crippen LogP contribution >= 0.6 is 0 Å². The second-order valence-electron chi connectivity index (χ2n) is 4.85. The molecule has 0 aliphatic carbocycles. The van der Waals surface area contributed by atoms with Gasteiger partial charge in [0.1, 0.15) is 11.6 Å². The van der Waals surface area contributed by atoms with Gasteiger partial charge in [0.25, 0.3) is 0 Å². The van der Waals surface area contributed by atoms with Gasteiger partial charge < -0.3 is 4.84 Å². The third-order valence-corrected chi connectivity index (χ3v) is 3.40. The summed E-state index contributed by atoms with van der Waals surface area (Å²) >= 11 is 0. The Hall–Kier alpha value is -2.68. The third-order valence-electron chi connectivity index (χ3n) is 3.40. The van der Waals surface area contributed by atoms with Gasteiger partial charge in [-0.15, -0.1) is 0 Å². The van der Waals surface area contributed by atoms with Crippen LogP contribution in [0.25, 0.3) is 6.08 Å². The van der Waals surface area contributed by atoms with Crippen molar-refractivity contribution in [1.29, 1.82) is 0 Å². The van der Waals surface area contributed by atoms with Crippen LogP contribution in [0.15, 0.2) is 71.9 Å². The first-order valence-electron chi connectivity index (χ1n) is 6.90. The molecule has 2 aromatic carbocycles. The molecule has 0 N–H and O–H groups in total. The van der Waals surface area contributed by atoms with Gasteiger partial charge in [0.05, 0.1) is 0 Å². The third kappa shape index (κ3) is 3.08. The maximum absolute atomic E-state index is 11.8. The van der Waals surface area contributed by atoms with E-state index in [4.69, 9.17) is 4.84 Å². The molecule has 1 aliphatic rings. The van der Waals surface area contributed by atoms with E-state index in [1.165, 1.54) is 0 Å². The summed E-state index contributed by atoms with van der Waals surface area (Å²) in [6.07, 6.45) is 4.58. The van der Waals surface area contributed by atoms with Gasteiger partial charge in [-0.1, -0.05) is 78.0 Å². The summed E-state index contributed by atoms with van der Waals surface area (Å²) in [7, 11) is 0. The lowest BCUT2D eigenvalue weighted by molar-refractivity contribution is -0.143. The monoisotopic (exact) mass is 277 g/mol. The summed E-state index contributed by atoms with van der Waals surface area (Å²) < 4.78 is 0. The topological polar surface area (TPSA) is 38.7 Å². The minimum Gasteiger partial charge on any atom is -0.317 e. The molecule has 1 heterocycles. The average molecular weight is 277 g/mol. The van der Waals surface area contributed by atoms with Gasteiger partial charge in [-0.25, -0.2) is 4.79 Å². The van der Waals surface area contributed by atoms with Crippen molar-refractivity contribution in [2.45, 2.75) is 6.42 Å². The molecule has 1 aliphatic heterocycles. The fourth-order valence-corrected chi connectivity index (χ4v) is 2.31. The van der Waals surface area contributed by atoms with Crippen molar-refractivity contribution in [2.75, 3.05) is 0 Å². The summed E-state index contributed by atoms with van der Waals surface area (Å²) in [5.41, 5.74) is 2.75. The highest BCUT2D eigenvalue weighted by molar-refractivity contribution is 6.14. The molecule has 0 saturated carbocycles. The van der Waals surface area contributed by atoms with Crippen LogP contribution in [0.2, 0.25) is 0 Å². The van der Waals surface area contributed by atoms with Crippen molar-refractivity contribution < 1.29 is 9.63 Å². The molecule has 2 aromatic rings. The number of carbonyl (C=O) groups excluding carboxylic acids is 1. The molecule has 1 atom stereocenters. The zero-order chi connectivity index (χ0) is 14.5. The smallest absolute Gasteiger partial charge is 0.317 e. The van der Waals surface area contributed by atoms with Gasteiger partial charge in [0.2, 0.25) is 0 Å². The van der Waals surface area contributed by atoms with E-state index < -0.39 is 0 Å². The van der Waals surface area contributed by atoms with Crippen LogP contribution in [0, 0.1) is 5.92 Å². The molecule has 21 heavy (non-hydrogen) atoms. The minimum absolute atomic E-state index is 0.286. The second-order valence-corrected chi connectivity index (χ2v) is 4.85. The van der Waals surface area contributed by atoms with Crippen LogP contribution in [0.3, 0.4) is 0 Å². The maximum atomic E-state index is 11.8. The Morgan fingerprint density at radius 1 is 1.00 bits per heavy atom. The van der Waals surface area contributed by atoms with E-state index in [0.717, 1.165) is 11.1 Å². The quantitative estimate of drug-likeness (QED) is 0.800. The van der Waals surface area contributed by atoms with E-state index in [2.05, 4.69) is 5.16 Å². The van der Waals surface area contributed by atoms with Crippen molar-refractivity contribution in [2.24, 2.45) is 11.1 Å². The van der Waals surface area contributed by atoms with Crippen molar-refractivity contribution in [3.63, 3.8) is 0 Å². The van der Waals surface area contributed by atoms with Crippen LogP contribution in [0.5, 0.6) is 0 Å². The lowest BCUT2D eigenvalue weighted by Gasteiger charge is -2.06. The molecule has 104 valence electrons. The van der Waals surface area contributed by atoms with Gasteiger partial charge in [-0.3, -0.25) is 0 Å². The van der Waals surface area contributed by atoms with E-state index in [9.17, 15) is 4.79 Å². The van der Waals surface area contributed by atoms with Crippen LogP contribution in [-0.2, 0) is 9.63 Å². The van der Waals surface area contributed by atoms with Crippen molar-refractivity contribution in [1.82, 2.24) is 0 Å². The summed E-state index contributed by atoms with van der Waals surface area (Å²) in [6, 6.07) is 19.7. The molecule has 0 fully saturated rings. The fourth-order valence-electron chi connectivity index (χ4n) is 2.31. The lowest BCUT2D eigenvalue weighted by atomic mass is 9.94. The van der Waals surface area contributed by atoms with E-state index >= 15 is 0 Å². The number of benzene rings is 2. The second kappa shape index (κ2) is 6.18. The van der Waals surface area contributed by atoms with Gasteiger partial charge in [-0.05, 0) is 12.0 Å². The highest BCUT2D eigenvalue weighted by Crippen LogP contribution is 2.22. The van der Waals surface area contributed by atoms with E-state index in [1.54, 1.807) is 0 Å². The molecule has 3 rings (SSSR count). The van der Waals surface area contributed by atoms with Crippen LogP contribution in [0.1, 0.15) is 17.5 Å². The van der Waals surface area contributed by atoms with E-state index in [0.29, 0.717) is 12.1 Å². The van der Waals surface area contributed by atoms with Crippen molar-refractivity contribution in [3.05, 3.63) is 77.9 Å². The Bertz CT molecular complexity index is 675. The predicted octanol–water partition coefficient (Wildman–Crippen LogP) is 3.67. The Morgan fingerprint density at radius 3 is 2.38 bits per heavy atom. The first kappa shape index (κ1) is 13.3. The summed E-state index contributed by atoms with van der Waals surface area (Å²) in [6.45, 7) is 0. The van der Waals surface area contributed by atoms with Crippen LogP contribution in [0.4, 0.5) is 0 Å². The number of oxime groups is 1. The summed E-state index contributed by atoms with van der Waals surface area (Å²) in [5.74, 6) is -0.612. The molecular formula is C18H15NO2. The molecule has 0 spiro atoms. The van der Waals surface area contributed by atoms with Gasteiger partial charge in [-0.2, -0.15) is 0 Å². The maximum Gasteiger partial charge on any atom is 0.344 e. The SMILES string of the molecule is O=C1ON=C(c2ccccc2)C1C/C=C/c1ccccc1. The molecule has 3 nitrogen and oxygen atoms in total. The number of nitrogens with zero attached hydrogens (tertiary/aromatic N) is 1. The van der Waals surface area contributed by atoms with Crippen molar-refractivity contribution >= 4 is 17.8 Å². The van der Waals surface area contributed by atoms with E-state index in [1.807, 2.05) is 72.8 Å². The summed E-state index contributed by atoms with van der Waals surface area (Å²) in [4.78, 5) is 16.7. The molecule has 0 bridgehead atoms. The Kier molecular flexibility index (Phi) is 3.92. The molecule has 0 saturated heterocycles. The normalized spacial score (nSPS) is 17.8. The lowest BCUT2D eigenvalue weighted by Crippen LogP contribution is -2.18. The number of allylic oxidation sites excluding steroid dienone is 1.